The molecule has 18 aromatic rings. The Bertz CT molecular complexity index is 6570. The summed E-state index contributed by atoms with van der Waals surface area (Å²) >= 11 is 3.56. The maximum atomic E-state index is 9.41. The van der Waals surface area contributed by atoms with Crippen LogP contribution in [0.25, 0.3) is 113 Å². The van der Waals surface area contributed by atoms with Gasteiger partial charge < -0.3 is 19.1 Å². The molecule has 6 heterocycles. The summed E-state index contributed by atoms with van der Waals surface area (Å²) in [5.41, 5.74) is 24.5. The third-order valence-corrected chi connectivity index (χ3v) is 23.2. The SMILES string of the molecule is [2H]c1c([2H])c([2H])c(-c2ccc3sc4c(c3c2)N(c2ccc(-c3ccc(-c5ccccc5)s3)cc2-c2ccccc2)c2cc3ccccc3c3c2B4c2ccc(N(c4ccc(C(C)(C)C)cc4)c4ccccc4-c4ccccc4)cc2N3c2cccc(-c3ccc4ccn5c6ccccc6c3c45)c2)c([2H])c1[2H]. The Labute approximate surface area is 603 Å². The second-order valence-electron chi connectivity index (χ2n) is 27.6. The summed E-state index contributed by atoms with van der Waals surface area (Å²) in [4.78, 5) is 9.88. The Kier molecular flexibility index (Phi) is 12.5. The van der Waals surface area contributed by atoms with Gasteiger partial charge in [0.05, 0.1) is 40.6 Å². The lowest BCUT2D eigenvalue weighted by atomic mass is 9.36. The van der Waals surface area contributed by atoms with Crippen molar-refractivity contribution < 1.29 is 6.85 Å². The molecule has 0 radical (unpaired) electrons. The van der Waals surface area contributed by atoms with Crippen molar-refractivity contribution in [2.45, 2.75) is 26.2 Å². The molecule has 0 N–H and O–H groups in total. The summed E-state index contributed by atoms with van der Waals surface area (Å²) in [6.07, 6.45) is 2.20. The highest BCUT2D eigenvalue weighted by atomic mass is 32.1. The van der Waals surface area contributed by atoms with E-state index in [-0.39, 0.29) is 41.9 Å². The maximum Gasteiger partial charge on any atom is 0.264 e. The first-order valence-electron chi connectivity index (χ1n) is 37.0. The molecule has 0 saturated carbocycles. The van der Waals surface area contributed by atoms with Crippen LogP contribution in [0, 0.1) is 0 Å². The van der Waals surface area contributed by atoms with Gasteiger partial charge in [-0.2, -0.15) is 0 Å². The second-order valence-corrected chi connectivity index (χ2v) is 29.7. The molecule has 14 aromatic carbocycles. The number of aromatic nitrogens is 1. The van der Waals surface area contributed by atoms with Gasteiger partial charge in [0.25, 0.3) is 6.71 Å². The van der Waals surface area contributed by atoms with E-state index in [1.165, 1.54) is 43.2 Å². The van der Waals surface area contributed by atoms with Gasteiger partial charge >= 0.3 is 0 Å². The second kappa shape index (κ2) is 23.3. The highest BCUT2D eigenvalue weighted by Crippen LogP contribution is 2.55. The molecule has 20 rings (SSSR count). The molecule has 0 spiro atoms. The fourth-order valence-electron chi connectivity index (χ4n) is 16.1. The third-order valence-electron chi connectivity index (χ3n) is 20.8. The third kappa shape index (κ3) is 9.56. The number of nitrogens with zero attached hydrogens (tertiary/aromatic N) is 4. The van der Waals surface area contributed by atoms with E-state index >= 15 is 0 Å². The molecule has 2 aliphatic rings. The van der Waals surface area contributed by atoms with Crippen LogP contribution >= 0.6 is 22.7 Å². The first kappa shape index (κ1) is 54.0. The van der Waals surface area contributed by atoms with Crippen molar-refractivity contribution in [1.82, 2.24) is 4.40 Å². The Hall–Kier alpha value is -12.0. The van der Waals surface area contributed by atoms with E-state index in [1.807, 2.05) is 6.07 Å². The molecule has 7 heteroatoms. The van der Waals surface area contributed by atoms with Gasteiger partial charge in [-0.05, 0) is 169 Å². The summed E-state index contributed by atoms with van der Waals surface area (Å²) in [6, 6.07) is 109. The van der Waals surface area contributed by atoms with Gasteiger partial charge in [0.15, 0.2) is 0 Å². The van der Waals surface area contributed by atoms with Crippen LogP contribution in [0.15, 0.2) is 340 Å². The minimum Gasteiger partial charge on any atom is -0.315 e. The van der Waals surface area contributed by atoms with Crippen molar-refractivity contribution in [3.8, 4) is 65.4 Å². The van der Waals surface area contributed by atoms with Gasteiger partial charge in [-0.3, -0.25) is 0 Å². The van der Waals surface area contributed by atoms with E-state index in [0.29, 0.717) is 5.56 Å². The number of fused-ring (bicyclic) bond motifs is 11. The molecular formula is C94H65BN4S2. The highest BCUT2D eigenvalue weighted by molar-refractivity contribution is 7.33. The molecule has 476 valence electrons. The Morgan fingerprint density at radius 1 is 0.406 bits per heavy atom. The number of hydrogen-bond donors (Lipinski definition) is 0. The van der Waals surface area contributed by atoms with E-state index in [0.717, 1.165) is 132 Å². The molecule has 0 aliphatic carbocycles. The zero-order valence-electron chi connectivity index (χ0n) is 60.6. The molecule has 0 saturated heterocycles. The van der Waals surface area contributed by atoms with Crippen molar-refractivity contribution in [1.29, 1.82) is 0 Å². The van der Waals surface area contributed by atoms with Crippen molar-refractivity contribution >= 4 is 144 Å². The predicted molar refractivity (Wildman–Crippen MR) is 434 cm³/mol. The molecule has 4 nitrogen and oxygen atoms in total. The lowest BCUT2D eigenvalue weighted by molar-refractivity contribution is 0.590. The Morgan fingerprint density at radius 3 is 1.88 bits per heavy atom. The highest BCUT2D eigenvalue weighted by Gasteiger charge is 2.47. The van der Waals surface area contributed by atoms with Crippen LogP contribution in [0.3, 0.4) is 0 Å². The minimum atomic E-state index is -0.423. The monoisotopic (exact) mass is 1330 g/mol. The van der Waals surface area contributed by atoms with Gasteiger partial charge in [-0.1, -0.05) is 257 Å². The molecule has 0 fully saturated rings. The lowest BCUT2D eigenvalue weighted by Gasteiger charge is -2.44. The van der Waals surface area contributed by atoms with E-state index in [2.05, 4.69) is 343 Å². The van der Waals surface area contributed by atoms with Gasteiger partial charge in [-0.15, -0.1) is 22.7 Å². The standard InChI is InChI=1S/C94H65BN4S2/c1-94(2,3)69-42-44-70(45-43-69)97(81-38-21-18-34-73(81)61-25-10-5-11-26-61)72-46-48-79-83(59-72)98(71-33-22-32-66(55-71)74-47-39-64-53-54-96-80-37-20-19-36-76(80)88(74)90(64)96)91-75-35-17-16-31-67(75)58-84-89(91)95(79)93-92(78-56-65(41-50-87(78)101-93)60-23-8-4-9-24-60)99(84)82-49-40-68(57-77(82)62-27-12-6-13-28-62)86-52-51-85(100-86)63-29-14-7-15-30-63/h4-59H,1-3H3/i4D,8D,9D,23D,24D. The largest absolute Gasteiger partial charge is 0.315 e. The van der Waals surface area contributed by atoms with Crippen molar-refractivity contribution in [2.75, 3.05) is 14.7 Å². The average Bonchev–Trinajstić information content (AvgIpc) is 1.48. The average molecular weight is 1330 g/mol. The summed E-state index contributed by atoms with van der Waals surface area (Å²) in [5.74, 6) is 0. The van der Waals surface area contributed by atoms with E-state index in [4.69, 9.17) is 4.11 Å². The van der Waals surface area contributed by atoms with Crippen LogP contribution in [0.1, 0.15) is 33.2 Å². The zero-order chi connectivity index (χ0) is 71.4. The normalized spacial score (nSPS) is 13.3. The molecule has 101 heavy (non-hydrogen) atoms. The number of anilines is 9. The lowest BCUT2D eigenvalue weighted by Crippen LogP contribution is -2.60. The molecule has 4 aromatic heterocycles. The van der Waals surface area contributed by atoms with Gasteiger partial charge in [-0.25, -0.2) is 0 Å². The zero-order valence-corrected chi connectivity index (χ0v) is 57.3. The quantitative estimate of drug-likeness (QED) is 0.120. The molecule has 2 aliphatic heterocycles. The molecular weight excluding hydrogens is 1260 g/mol. The van der Waals surface area contributed by atoms with Crippen LogP contribution < -0.4 is 30.4 Å². The first-order chi connectivity index (χ1) is 51.8. The fourth-order valence-corrected chi connectivity index (χ4v) is 18.4. The summed E-state index contributed by atoms with van der Waals surface area (Å²) in [7, 11) is 0. The summed E-state index contributed by atoms with van der Waals surface area (Å²) in [6.45, 7) is 6.46. The minimum absolute atomic E-state index is 0.0778. The van der Waals surface area contributed by atoms with Crippen LogP contribution in [0.5, 0.6) is 0 Å². The Balaban J connectivity index is 0.894. The number of rotatable bonds is 11. The molecule has 0 amide bonds. The summed E-state index contributed by atoms with van der Waals surface area (Å²) < 4.78 is 49.8. The summed E-state index contributed by atoms with van der Waals surface area (Å²) in [5, 5.41) is 6.70. The van der Waals surface area contributed by atoms with E-state index in [9.17, 15) is 2.74 Å². The topological polar surface area (TPSA) is 14.1 Å². The number of benzene rings is 14. The Morgan fingerprint density at radius 2 is 1.09 bits per heavy atom. The fraction of sp³-hybridized carbons (Fsp3) is 0.0426. The van der Waals surface area contributed by atoms with Crippen molar-refractivity contribution in [2.24, 2.45) is 0 Å². The van der Waals surface area contributed by atoms with Crippen LogP contribution in [-0.4, -0.2) is 11.1 Å². The van der Waals surface area contributed by atoms with Gasteiger partial charge in [0.1, 0.15) is 0 Å². The smallest absolute Gasteiger partial charge is 0.264 e. The van der Waals surface area contributed by atoms with Crippen LogP contribution in [-0.2, 0) is 5.41 Å². The molecule has 0 atom stereocenters. The first-order valence-corrected chi connectivity index (χ1v) is 36.1. The van der Waals surface area contributed by atoms with Crippen LogP contribution in [0.4, 0.5) is 51.2 Å². The van der Waals surface area contributed by atoms with Crippen molar-refractivity contribution in [3.05, 3.63) is 345 Å². The van der Waals surface area contributed by atoms with Gasteiger partial charge in [0, 0.05) is 91.9 Å². The number of hydrogen-bond acceptors (Lipinski definition) is 5. The number of thiophene rings is 2. The van der Waals surface area contributed by atoms with Crippen LogP contribution in [0.2, 0.25) is 0 Å². The van der Waals surface area contributed by atoms with Gasteiger partial charge in [0.2, 0.25) is 0 Å². The number of para-hydroxylation sites is 2. The predicted octanol–water partition coefficient (Wildman–Crippen LogP) is 25.0. The van der Waals surface area contributed by atoms with E-state index in [1.54, 1.807) is 22.7 Å². The molecule has 0 bridgehead atoms. The van der Waals surface area contributed by atoms with Crippen molar-refractivity contribution in [3.63, 3.8) is 0 Å². The van der Waals surface area contributed by atoms with E-state index < -0.39 is 6.04 Å². The maximum absolute atomic E-state index is 9.41. The molecule has 0 unspecified atom stereocenters.